The van der Waals surface area contributed by atoms with E-state index in [1.165, 1.54) is 99.0 Å². The van der Waals surface area contributed by atoms with E-state index in [0.29, 0.717) is 0 Å². The van der Waals surface area contributed by atoms with Gasteiger partial charge in [-0.05, 0) is 148 Å². The maximum absolute atomic E-state index is 2.41. The van der Waals surface area contributed by atoms with Crippen LogP contribution in [0.4, 0.5) is 0 Å². The Balaban J connectivity index is 1.09. The van der Waals surface area contributed by atoms with Gasteiger partial charge < -0.3 is 4.57 Å². The molecular weight excluding hydrogens is 687 g/mol. The predicted octanol–water partition coefficient (Wildman–Crippen LogP) is 15.4. The quantitative estimate of drug-likeness (QED) is 0.151. The minimum Gasteiger partial charge on any atom is -0.309 e. The molecule has 57 heavy (non-hydrogen) atoms. The second-order valence-electron chi connectivity index (χ2n) is 15.0. The van der Waals surface area contributed by atoms with Crippen molar-refractivity contribution in [3.63, 3.8) is 0 Å². The summed E-state index contributed by atoms with van der Waals surface area (Å²) >= 11 is 0. The molecule has 0 atom stereocenters. The number of aromatic nitrogens is 1. The molecule has 0 unspecified atom stereocenters. The van der Waals surface area contributed by atoms with Crippen molar-refractivity contribution in [2.45, 2.75) is 0 Å². The first kappa shape index (κ1) is 32.9. The minimum absolute atomic E-state index is 1.13. The lowest BCUT2D eigenvalue weighted by atomic mass is 9.89. The van der Waals surface area contributed by atoms with Crippen molar-refractivity contribution in [2.75, 3.05) is 0 Å². The molecule has 0 radical (unpaired) electrons. The summed E-state index contributed by atoms with van der Waals surface area (Å²) in [5, 5.41) is 9.97. The molecule has 0 spiro atoms. The molecule has 0 amide bonds. The topological polar surface area (TPSA) is 4.93 Å². The molecule has 1 heterocycles. The van der Waals surface area contributed by atoms with Gasteiger partial charge in [-0.1, -0.05) is 164 Å². The summed E-state index contributed by atoms with van der Waals surface area (Å²) in [6, 6.07) is 82.2. The molecule has 11 rings (SSSR count). The summed E-state index contributed by atoms with van der Waals surface area (Å²) in [5.74, 6) is 0. The van der Waals surface area contributed by atoms with Crippen molar-refractivity contribution in [1.29, 1.82) is 0 Å². The van der Waals surface area contributed by atoms with Crippen LogP contribution in [0, 0.1) is 0 Å². The molecule has 10 aromatic carbocycles. The molecule has 0 aliphatic heterocycles. The summed E-state index contributed by atoms with van der Waals surface area (Å²) in [6.07, 6.45) is 0. The molecule has 0 N–H and O–H groups in total. The number of benzene rings is 10. The third-order valence-corrected chi connectivity index (χ3v) is 11.6. The van der Waals surface area contributed by atoms with Gasteiger partial charge in [0.05, 0.1) is 11.4 Å². The maximum Gasteiger partial charge on any atom is 0.0535 e. The summed E-state index contributed by atoms with van der Waals surface area (Å²) in [6.45, 7) is 0. The van der Waals surface area contributed by atoms with Crippen LogP contribution >= 0.6 is 0 Å². The van der Waals surface area contributed by atoms with E-state index in [9.17, 15) is 0 Å². The zero-order chi connectivity index (χ0) is 37.7. The fourth-order valence-corrected chi connectivity index (χ4v) is 8.69. The zero-order valence-corrected chi connectivity index (χ0v) is 31.3. The molecule has 0 aliphatic carbocycles. The van der Waals surface area contributed by atoms with E-state index in [1.54, 1.807) is 0 Å². The highest BCUT2D eigenvalue weighted by atomic mass is 15.0. The van der Waals surface area contributed by atoms with Crippen LogP contribution < -0.4 is 0 Å². The number of hydrogen-bond acceptors (Lipinski definition) is 0. The first-order chi connectivity index (χ1) is 28.2. The molecule has 1 aromatic heterocycles. The second kappa shape index (κ2) is 13.7. The Bertz CT molecular complexity index is 3210. The van der Waals surface area contributed by atoms with Crippen LogP contribution in [0.1, 0.15) is 0 Å². The van der Waals surface area contributed by atoms with E-state index in [4.69, 9.17) is 0 Å². The second-order valence-corrected chi connectivity index (χ2v) is 15.0. The van der Waals surface area contributed by atoms with Gasteiger partial charge in [0.25, 0.3) is 0 Å². The van der Waals surface area contributed by atoms with Crippen LogP contribution in [0.3, 0.4) is 0 Å². The van der Waals surface area contributed by atoms with E-state index in [2.05, 4.69) is 229 Å². The monoisotopic (exact) mass is 723 g/mol. The summed E-state index contributed by atoms with van der Waals surface area (Å²) in [4.78, 5) is 0. The Hall–Kier alpha value is -7.48. The predicted molar refractivity (Wildman–Crippen MR) is 243 cm³/mol. The van der Waals surface area contributed by atoms with Gasteiger partial charge in [-0.25, -0.2) is 0 Å². The van der Waals surface area contributed by atoms with Crippen molar-refractivity contribution in [3.8, 4) is 61.6 Å². The Morgan fingerprint density at radius 3 is 1.32 bits per heavy atom. The van der Waals surface area contributed by atoms with E-state index in [1.807, 2.05) is 0 Å². The van der Waals surface area contributed by atoms with E-state index >= 15 is 0 Å². The van der Waals surface area contributed by atoms with Crippen LogP contribution in [0.25, 0.3) is 105 Å². The van der Waals surface area contributed by atoms with Gasteiger partial charge in [-0.2, -0.15) is 0 Å². The Labute approximate surface area is 332 Å². The van der Waals surface area contributed by atoms with Gasteiger partial charge in [0.15, 0.2) is 0 Å². The van der Waals surface area contributed by atoms with Gasteiger partial charge in [0.2, 0.25) is 0 Å². The summed E-state index contributed by atoms with van der Waals surface area (Å²) in [5.41, 5.74) is 13.1. The fraction of sp³-hybridized carbons (Fsp3) is 0. The molecule has 1 heteroatoms. The molecule has 266 valence electrons. The normalized spacial score (nSPS) is 11.5. The average Bonchev–Trinajstić information content (AvgIpc) is 3.74. The third-order valence-electron chi connectivity index (χ3n) is 11.6. The lowest BCUT2D eigenvalue weighted by Crippen LogP contribution is -1.99. The molecule has 0 bridgehead atoms. The lowest BCUT2D eigenvalue weighted by molar-refractivity contribution is 1.10. The van der Waals surface area contributed by atoms with E-state index in [0.717, 1.165) is 5.69 Å². The molecule has 0 saturated heterocycles. The zero-order valence-electron chi connectivity index (χ0n) is 31.3. The first-order valence-electron chi connectivity index (χ1n) is 19.7. The van der Waals surface area contributed by atoms with E-state index in [-0.39, 0.29) is 0 Å². The molecule has 0 saturated carbocycles. The van der Waals surface area contributed by atoms with Gasteiger partial charge >= 0.3 is 0 Å². The van der Waals surface area contributed by atoms with Gasteiger partial charge in [0.1, 0.15) is 0 Å². The SMILES string of the molecule is c1ccc(-c2ccc(-c3ccccc3)n2-c2ccc(-c3cc(-c4ccc5ccccc5c4)c4cc5cccc(-c6ccc7ccccc7c6)c5cc4c3)cc2)cc1. The number of nitrogens with zero attached hydrogens (tertiary/aromatic N) is 1. The largest absolute Gasteiger partial charge is 0.309 e. The molecular formula is C56H37N. The van der Waals surface area contributed by atoms with Crippen LogP contribution in [-0.4, -0.2) is 4.57 Å². The lowest BCUT2D eigenvalue weighted by Gasteiger charge is -2.17. The van der Waals surface area contributed by atoms with Gasteiger partial charge in [-0.15, -0.1) is 0 Å². The van der Waals surface area contributed by atoms with Crippen molar-refractivity contribution in [1.82, 2.24) is 4.57 Å². The van der Waals surface area contributed by atoms with Crippen LogP contribution in [-0.2, 0) is 0 Å². The van der Waals surface area contributed by atoms with E-state index < -0.39 is 0 Å². The van der Waals surface area contributed by atoms with Crippen LogP contribution in [0.2, 0.25) is 0 Å². The molecule has 1 nitrogen and oxygen atoms in total. The smallest absolute Gasteiger partial charge is 0.0535 e. The standard InChI is InChI=1S/C56H37N/c1-3-14-41(15-4-1)55-30-31-56(42-16-5-2-6-17-42)57(55)50-28-26-40(27-29-50)48-34-49-37-52-45(20-11-21-51(52)46-24-22-38-12-7-9-18-43(38)32-46)35-54(49)53(36-48)47-25-23-39-13-8-10-19-44(39)33-47/h1-37H. The highest BCUT2D eigenvalue weighted by Crippen LogP contribution is 2.41. The summed E-state index contributed by atoms with van der Waals surface area (Å²) in [7, 11) is 0. The van der Waals surface area contributed by atoms with Crippen LogP contribution in [0.5, 0.6) is 0 Å². The highest BCUT2D eigenvalue weighted by Gasteiger charge is 2.16. The van der Waals surface area contributed by atoms with Gasteiger partial charge in [0, 0.05) is 5.69 Å². The summed E-state index contributed by atoms with van der Waals surface area (Å²) < 4.78 is 2.38. The first-order valence-corrected chi connectivity index (χ1v) is 19.7. The van der Waals surface area contributed by atoms with Crippen molar-refractivity contribution < 1.29 is 0 Å². The minimum atomic E-state index is 1.13. The average molecular weight is 724 g/mol. The molecule has 11 aromatic rings. The number of hydrogen-bond donors (Lipinski definition) is 0. The Morgan fingerprint density at radius 2 is 0.702 bits per heavy atom. The third kappa shape index (κ3) is 5.89. The Kier molecular flexibility index (Phi) is 7.89. The molecule has 0 aliphatic rings. The maximum atomic E-state index is 2.41. The fourth-order valence-electron chi connectivity index (χ4n) is 8.69. The highest BCUT2D eigenvalue weighted by molar-refractivity contribution is 6.11. The van der Waals surface area contributed by atoms with Crippen molar-refractivity contribution in [2.24, 2.45) is 0 Å². The number of fused-ring (bicyclic) bond motifs is 4. The molecule has 0 fully saturated rings. The van der Waals surface area contributed by atoms with Gasteiger partial charge in [-0.3, -0.25) is 0 Å². The van der Waals surface area contributed by atoms with Crippen LogP contribution in [0.15, 0.2) is 224 Å². The Morgan fingerprint density at radius 1 is 0.228 bits per heavy atom. The van der Waals surface area contributed by atoms with Crippen molar-refractivity contribution in [3.05, 3.63) is 224 Å². The van der Waals surface area contributed by atoms with Crippen molar-refractivity contribution >= 4 is 43.1 Å². The number of rotatable bonds is 6.